The van der Waals surface area contributed by atoms with Crippen LogP contribution in [0.5, 0.6) is 0 Å². The molecule has 1 saturated carbocycles. The molecule has 1 aromatic heterocycles. The summed E-state index contributed by atoms with van der Waals surface area (Å²) < 4.78 is 1.11. The number of aromatic nitrogens is 1. The summed E-state index contributed by atoms with van der Waals surface area (Å²) in [6, 6.07) is 10.1. The molecule has 1 aliphatic carbocycles. The molecule has 2 heterocycles. The average Bonchev–Trinajstić information content (AvgIpc) is 3.18. The Bertz CT molecular complexity index is 873. The monoisotopic (exact) mass is 425 g/mol. The fourth-order valence-corrected chi connectivity index (χ4v) is 5.58. The van der Waals surface area contributed by atoms with Gasteiger partial charge in [-0.2, -0.15) is 5.26 Å². The van der Waals surface area contributed by atoms with Crippen LogP contribution in [0.1, 0.15) is 51.4 Å². The lowest BCUT2D eigenvalue weighted by molar-refractivity contribution is -0.124. The number of nitrogens with one attached hydrogen (secondary N) is 2. The van der Waals surface area contributed by atoms with Crippen LogP contribution in [0.3, 0.4) is 0 Å². The molecule has 160 valence electrons. The number of fused-ring (bicyclic) bond motifs is 1. The lowest BCUT2D eigenvalue weighted by Crippen LogP contribution is -2.57. The molecule has 1 amide bonds. The van der Waals surface area contributed by atoms with E-state index in [0.717, 1.165) is 34.9 Å². The van der Waals surface area contributed by atoms with Gasteiger partial charge < -0.3 is 15.5 Å². The first-order chi connectivity index (χ1) is 14.6. The van der Waals surface area contributed by atoms with E-state index in [4.69, 9.17) is 0 Å². The van der Waals surface area contributed by atoms with Crippen molar-refractivity contribution >= 4 is 32.6 Å². The molecule has 4 rings (SSSR count). The van der Waals surface area contributed by atoms with Gasteiger partial charge in [-0.1, -0.05) is 55.6 Å². The minimum absolute atomic E-state index is 0.0640. The summed E-state index contributed by atoms with van der Waals surface area (Å²) in [7, 11) is 2.06. The number of hydrogen-bond acceptors (Lipinski definition) is 6. The number of likely N-dealkylation sites (tertiary alicyclic amines) is 1. The number of nitriles is 1. The van der Waals surface area contributed by atoms with E-state index < -0.39 is 5.54 Å². The van der Waals surface area contributed by atoms with Crippen LogP contribution < -0.4 is 10.6 Å². The number of thiazole rings is 1. The molecule has 7 heteroatoms. The van der Waals surface area contributed by atoms with Gasteiger partial charge in [-0.25, -0.2) is 4.98 Å². The Morgan fingerprint density at radius 3 is 2.73 bits per heavy atom. The van der Waals surface area contributed by atoms with Gasteiger partial charge in [0.2, 0.25) is 5.91 Å². The highest BCUT2D eigenvalue weighted by molar-refractivity contribution is 7.22. The molecule has 2 aliphatic rings. The number of piperidine rings is 1. The number of para-hydroxylation sites is 1. The van der Waals surface area contributed by atoms with Crippen LogP contribution in [0.4, 0.5) is 5.13 Å². The first-order valence-electron chi connectivity index (χ1n) is 11.1. The maximum Gasteiger partial charge on any atom is 0.243 e. The zero-order valence-electron chi connectivity index (χ0n) is 17.7. The van der Waals surface area contributed by atoms with Gasteiger partial charge in [0.05, 0.1) is 16.3 Å². The third kappa shape index (κ3) is 4.93. The van der Waals surface area contributed by atoms with Crippen LogP contribution in [-0.4, -0.2) is 47.5 Å². The quantitative estimate of drug-likeness (QED) is 0.727. The molecule has 0 spiro atoms. The summed E-state index contributed by atoms with van der Waals surface area (Å²) in [5.74, 6) is 0.484. The first kappa shape index (κ1) is 21.1. The molecule has 1 atom stereocenters. The van der Waals surface area contributed by atoms with Gasteiger partial charge >= 0.3 is 0 Å². The molecule has 0 bridgehead atoms. The smallest absolute Gasteiger partial charge is 0.243 e. The van der Waals surface area contributed by atoms with Crippen molar-refractivity contribution in [2.75, 3.05) is 25.5 Å². The number of nitrogens with zero attached hydrogens (tertiary/aromatic N) is 3. The summed E-state index contributed by atoms with van der Waals surface area (Å²) in [4.78, 5) is 20.3. The molecule has 6 nitrogen and oxygen atoms in total. The van der Waals surface area contributed by atoms with Crippen LogP contribution in [0, 0.1) is 17.2 Å². The number of carbonyl (C=O) groups excluding carboxylic acids is 1. The van der Waals surface area contributed by atoms with E-state index in [1.54, 1.807) is 11.3 Å². The predicted octanol–water partition coefficient (Wildman–Crippen LogP) is 4.15. The highest BCUT2D eigenvalue weighted by atomic mass is 32.1. The van der Waals surface area contributed by atoms with Crippen LogP contribution in [0.2, 0.25) is 0 Å². The minimum atomic E-state index is -0.760. The Balaban J connectivity index is 1.51. The molecule has 1 aliphatic heterocycles. The molecule has 2 fully saturated rings. The maximum absolute atomic E-state index is 13.4. The molecule has 1 aromatic carbocycles. The third-order valence-corrected chi connectivity index (χ3v) is 7.59. The van der Waals surface area contributed by atoms with Crippen molar-refractivity contribution in [3.63, 3.8) is 0 Å². The fourth-order valence-electron chi connectivity index (χ4n) is 4.66. The van der Waals surface area contributed by atoms with E-state index in [0.29, 0.717) is 18.8 Å². The summed E-state index contributed by atoms with van der Waals surface area (Å²) in [5, 5.41) is 17.2. The van der Waals surface area contributed by atoms with Crippen LogP contribution in [0.15, 0.2) is 24.3 Å². The molecule has 1 saturated heterocycles. The highest BCUT2D eigenvalue weighted by Gasteiger charge is 2.37. The van der Waals surface area contributed by atoms with Gasteiger partial charge in [0.1, 0.15) is 11.6 Å². The molecular weight excluding hydrogens is 394 g/mol. The van der Waals surface area contributed by atoms with E-state index >= 15 is 0 Å². The zero-order chi connectivity index (χ0) is 21.0. The van der Waals surface area contributed by atoms with Crippen LogP contribution in [-0.2, 0) is 4.79 Å². The Kier molecular flexibility index (Phi) is 6.55. The standard InChI is InChI=1S/C23H31N5OS/c1-28-13-11-23(16-24,12-14-28)27-21(29)19(15-17-7-3-2-4-8-17)26-22-25-18-9-5-6-10-20(18)30-22/h5-6,9-10,17,19H,2-4,7-8,11-15H2,1H3,(H,25,26)(H,27,29). The Labute approximate surface area is 182 Å². The van der Waals surface area contributed by atoms with Gasteiger partial charge in [-0.05, 0) is 44.4 Å². The van der Waals surface area contributed by atoms with Crippen molar-refractivity contribution in [1.82, 2.24) is 15.2 Å². The maximum atomic E-state index is 13.4. The third-order valence-electron chi connectivity index (χ3n) is 6.62. The van der Waals surface area contributed by atoms with E-state index in [1.807, 2.05) is 18.2 Å². The van der Waals surface area contributed by atoms with Crippen LogP contribution >= 0.6 is 11.3 Å². The van der Waals surface area contributed by atoms with E-state index in [-0.39, 0.29) is 11.9 Å². The lowest BCUT2D eigenvalue weighted by atomic mass is 9.84. The number of anilines is 1. The Morgan fingerprint density at radius 1 is 1.30 bits per heavy atom. The van der Waals surface area contributed by atoms with Crippen molar-refractivity contribution in [3.05, 3.63) is 24.3 Å². The van der Waals surface area contributed by atoms with Crippen LogP contribution in [0.25, 0.3) is 10.2 Å². The number of rotatable bonds is 6. The Morgan fingerprint density at radius 2 is 2.03 bits per heavy atom. The van der Waals surface area contributed by atoms with E-state index in [1.165, 1.54) is 32.1 Å². The van der Waals surface area contributed by atoms with Crippen molar-refractivity contribution in [1.29, 1.82) is 5.26 Å². The SMILES string of the molecule is CN1CCC(C#N)(NC(=O)C(CC2CCCCC2)Nc2nc3ccccc3s2)CC1. The van der Waals surface area contributed by atoms with Crippen molar-refractivity contribution in [2.24, 2.45) is 5.92 Å². The average molecular weight is 426 g/mol. The zero-order valence-corrected chi connectivity index (χ0v) is 18.5. The van der Waals surface area contributed by atoms with Gasteiger partial charge in [-0.15, -0.1) is 0 Å². The second-order valence-corrected chi connectivity index (χ2v) is 9.94. The highest BCUT2D eigenvalue weighted by Crippen LogP contribution is 2.31. The number of benzene rings is 1. The van der Waals surface area contributed by atoms with Crippen molar-refractivity contribution < 1.29 is 4.79 Å². The number of amides is 1. The van der Waals surface area contributed by atoms with E-state index in [2.05, 4.69) is 39.7 Å². The van der Waals surface area contributed by atoms with E-state index in [9.17, 15) is 10.1 Å². The molecular formula is C23H31N5OS. The van der Waals surface area contributed by atoms with Gasteiger partial charge in [0.15, 0.2) is 5.13 Å². The number of carbonyl (C=O) groups is 1. The molecule has 1 unspecified atom stereocenters. The minimum Gasteiger partial charge on any atom is -0.350 e. The first-order valence-corrected chi connectivity index (χ1v) is 11.9. The largest absolute Gasteiger partial charge is 0.350 e. The topological polar surface area (TPSA) is 81.0 Å². The summed E-state index contributed by atoms with van der Waals surface area (Å²) in [6.07, 6.45) is 8.28. The molecule has 2 aromatic rings. The van der Waals surface area contributed by atoms with Crippen molar-refractivity contribution in [3.8, 4) is 6.07 Å². The summed E-state index contributed by atoms with van der Waals surface area (Å²) in [6.45, 7) is 1.65. The summed E-state index contributed by atoms with van der Waals surface area (Å²) >= 11 is 1.58. The molecule has 30 heavy (non-hydrogen) atoms. The van der Waals surface area contributed by atoms with Gasteiger partial charge in [-0.3, -0.25) is 4.79 Å². The lowest BCUT2D eigenvalue weighted by Gasteiger charge is -2.37. The Hall–Kier alpha value is -2.17. The molecule has 2 N–H and O–H groups in total. The second-order valence-electron chi connectivity index (χ2n) is 8.91. The molecule has 0 radical (unpaired) electrons. The summed E-state index contributed by atoms with van der Waals surface area (Å²) in [5.41, 5.74) is 0.189. The number of hydrogen-bond donors (Lipinski definition) is 2. The van der Waals surface area contributed by atoms with Gasteiger partial charge in [0, 0.05) is 13.1 Å². The second kappa shape index (κ2) is 9.32. The predicted molar refractivity (Wildman–Crippen MR) is 121 cm³/mol. The normalized spacial score (nSPS) is 21.1. The van der Waals surface area contributed by atoms with Crippen molar-refractivity contribution in [2.45, 2.75) is 62.9 Å². The fraction of sp³-hybridized carbons (Fsp3) is 0.609. The van der Waals surface area contributed by atoms with Gasteiger partial charge in [0.25, 0.3) is 0 Å².